The van der Waals surface area contributed by atoms with Crippen molar-refractivity contribution in [1.29, 1.82) is 0 Å². The number of halogens is 4. The molecule has 0 aliphatic rings. The fourth-order valence-corrected chi connectivity index (χ4v) is 1.54. The summed E-state index contributed by atoms with van der Waals surface area (Å²) in [4.78, 5) is 22.2. The van der Waals surface area contributed by atoms with Crippen LogP contribution in [0.4, 0.5) is 17.6 Å². The summed E-state index contributed by atoms with van der Waals surface area (Å²) in [6, 6.07) is -0.0161. The van der Waals surface area contributed by atoms with Crippen LogP contribution in [-0.2, 0) is 11.0 Å². The Hall–Kier alpha value is -1.77. The van der Waals surface area contributed by atoms with Crippen molar-refractivity contribution in [1.82, 2.24) is 5.32 Å². The lowest BCUT2D eigenvalue weighted by atomic mass is 10.1. The van der Waals surface area contributed by atoms with E-state index >= 15 is 0 Å². The highest BCUT2D eigenvalue weighted by molar-refractivity contribution is 7.80. The number of carbonyl (C=O) groups is 2. The molecule has 0 aromatic heterocycles. The van der Waals surface area contributed by atoms with Crippen LogP contribution in [0.25, 0.3) is 0 Å². The van der Waals surface area contributed by atoms with Crippen molar-refractivity contribution in [3.8, 4) is 0 Å². The van der Waals surface area contributed by atoms with Gasteiger partial charge >= 0.3 is 12.1 Å². The molecule has 9 heteroatoms. The summed E-state index contributed by atoms with van der Waals surface area (Å²) in [6.07, 6.45) is -4.73. The average Bonchev–Trinajstić information content (AvgIpc) is 2.33. The highest BCUT2D eigenvalue weighted by Gasteiger charge is 2.32. The molecule has 1 rings (SSSR count). The van der Waals surface area contributed by atoms with E-state index in [4.69, 9.17) is 5.11 Å². The van der Waals surface area contributed by atoms with Crippen LogP contribution >= 0.6 is 12.6 Å². The van der Waals surface area contributed by atoms with E-state index in [1.165, 1.54) is 0 Å². The molecule has 1 atom stereocenters. The monoisotopic (exact) mass is 311 g/mol. The van der Waals surface area contributed by atoms with Gasteiger partial charge in [-0.2, -0.15) is 25.8 Å². The molecule has 0 spiro atoms. The van der Waals surface area contributed by atoms with E-state index in [2.05, 4.69) is 12.6 Å². The van der Waals surface area contributed by atoms with Gasteiger partial charge in [0.15, 0.2) is 0 Å². The minimum Gasteiger partial charge on any atom is -0.480 e. The van der Waals surface area contributed by atoms with E-state index in [0.29, 0.717) is 12.1 Å². The van der Waals surface area contributed by atoms with E-state index in [-0.39, 0.29) is 11.8 Å². The molecule has 1 aromatic rings. The minimum absolute atomic E-state index is 0.172. The number of carboxylic acid groups (broad SMARTS) is 1. The maximum Gasteiger partial charge on any atom is 0.416 e. The number of hydrogen-bond acceptors (Lipinski definition) is 3. The van der Waals surface area contributed by atoms with Crippen LogP contribution in [0, 0.1) is 5.82 Å². The van der Waals surface area contributed by atoms with Crippen LogP contribution in [-0.4, -0.2) is 28.8 Å². The standard InChI is InChI=1S/C11H9F4NO3S/c12-7-3-5(11(13,14)15)1-2-6(7)9(17)16-8(4-20)10(18)19/h1-3,8,20H,4H2,(H,16,17)(H,18,19)/t8-/m0/s1. The van der Waals surface area contributed by atoms with E-state index in [1.807, 2.05) is 5.32 Å². The van der Waals surface area contributed by atoms with E-state index in [9.17, 15) is 27.2 Å². The molecular formula is C11H9F4NO3S. The van der Waals surface area contributed by atoms with Crippen molar-refractivity contribution in [3.63, 3.8) is 0 Å². The molecule has 0 saturated carbocycles. The number of alkyl halides is 3. The second kappa shape index (κ2) is 6.12. The lowest BCUT2D eigenvalue weighted by molar-refractivity contribution is -0.139. The lowest BCUT2D eigenvalue weighted by Gasteiger charge is -2.13. The number of hydrogen-bond donors (Lipinski definition) is 3. The Morgan fingerprint density at radius 1 is 1.35 bits per heavy atom. The maximum atomic E-state index is 13.5. The summed E-state index contributed by atoms with van der Waals surface area (Å²) >= 11 is 3.68. The van der Waals surface area contributed by atoms with Gasteiger partial charge in [-0.15, -0.1) is 0 Å². The summed E-state index contributed by atoms with van der Waals surface area (Å²) < 4.78 is 50.4. The first kappa shape index (κ1) is 16.3. The van der Waals surface area contributed by atoms with Gasteiger partial charge in [0.05, 0.1) is 11.1 Å². The van der Waals surface area contributed by atoms with Crippen molar-refractivity contribution >= 4 is 24.5 Å². The number of amides is 1. The zero-order valence-corrected chi connectivity index (χ0v) is 10.6. The predicted octanol–water partition coefficient (Wildman–Crippen LogP) is 1.96. The highest BCUT2D eigenvalue weighted by atomic mass is 32.1. The van der Waals surface area contributed by atoms with Gasteiger partial charge in [-0.1, -0.05) is 0 Å². The molecule has 0 aliphatic carbocycles. The third-order valence-corrected chi connectivity index (χ3v) is 2.69. The second-order valence-electron chi connectivity index (χ2n) is 3.74. The maximum absolute atomic E-state index is 13.5. The summed E-state index contributed by atoms with van der Waals surface area (Å²) in [5.74, 6) is -4.15. The van der Waals surface area contributed by atoms with Crippen molar-refractivity contribution in [2.75, 3.05) is 5.75 Å². The zero-order chi connectivity index (χ0) is 15.5. The largest absolute Gasteiger partial charge is 0.480 e. The van der Waals surface area contributed by atoms with Gasteiger partial charge in [-0.3, -0.25) is 4.79 Å². The lowest BCUT2D eigenvalue weighted by Crippen LogP contribution is -2.42. The molecule has 110 valence electrons. The Bertz CT molecular complexity index is 533. The molecule has 0 fully saturated rings. The number of aliphatic carboxylic acids is 1. The SMILES string of the molecule is O=C(N[C@@H](CS)C(=O)O)c1ccc(C(F)(F)F)cc1F. The van der Waals surface area contributed by atoms with Crippen LogP contribution in [0.3, 0.4) is 0 Å². The molecule has 0 saturated heterocycles. The smallest absolute Gasteiger partial charge is 0.416 e. The molecule has 0 unspecified atom stereocenters. The molecule has 0 radical (unpaired) electrons. The van der Waals surface area contributed by atoms with Crippen LogP contribution in [0.1, 0.15) is 15.9 Å². The number of nitrogens with one attached hydrogen (secondary N) is 1. The highest BCUT2D eigenvalue weighted by Crippen LogP contribution is 2.30. The number of benzene rings is 1. The molecule has 0 bridgehead atoms. The molecule has 1 aromatic carbocycles. The van der Waals surface area contributed by atoms with Crippen LogP contribution in [0.2, 0.25) is 0 Å². The number of carbonyl (C=O) groups excluding carboxylic acids is 1. The fraction of sp³-hybridized carbons (Fsp3) is 0.273. The third kappa shape index (κ3) is 3.86. The normalized spacial score (nSPS) is 12.8. The van der Waals surface area contributed by atoms with Crippen molar-refractivity contribution in [3.05, 3.63) is 35.1 Å². The molecule has 1 amide bonds. The summed E-state index contributed by atoms with van der Waals surface area (Å²) in [5.41, 5.74) is -1.92. The number of carboxylic acids is 1. The molecular weight excluding hydrogens is 302 g/mol. The Morgan fingerprint density at radius 2 is 1.95 bits per heavy atom. The van der Waals surface area contributed by atoms with E-state index in [1.54, 1.807) is 0 Å². The number of thiol groups is 1. The summed E-state index contributed by atoms with van der Waals surface area (Å²) in [7, 11) is 0. The predicted molar refractivity (Wildman–Crippen MR) is 64.1 cm³/mol. The second-order valence-corrected chi connectivity index (χ2v) is 4.10. The Kier molecular flexibility index (Phi) is 4.98. The first-order valence-corrected chi connectivity index (χ1v) is 5.81. The van der Waals surface area contributed by atoms with Crippen molar-refractivity contribution in [2.24, 2.45) is 0 Å². The Morgan fingerprint density at radius 3 is 2.35 bits per heavy atom. The van der Waals surface area contributed by atoms with Gasteiger partial charge in [0.1, 0.15) is 11.9 Å². The average molecular weight is 311 g/mol. The van der Waals surface area contributed by atoms with Crippen LogP contribution in [0.5, 0.6) is 0 Å². The summed E-state index contributed by atoms with van der Waals surface area (Å²) in [5, 5.41) is 10.6. The number of rotatable bonds is 4. The van der Waals surface area contributed by atoms with Gasteiger partial charge in [0.25, 0.3) is 5.91 Å². The van der Waals surface area contributed by atoms with Gasteiger partial charge < -0.3 is 10.4 Å². The Labute approximate surface area is 116 Å². The van der Waals surface area contributed by atoms with Crippen LogP contribution in [0.15, 0.2) is 18.2 Å². The quantitative estimate of drug-likeness (QED) is 0.588. The zero-order valence-electron chi connectivity index (χ0n) is 9.74. The first-order valence-electron chi connectivity index (χ1n) is 5.18. The van der Waals surface area contributed by atoms with Gasteiger partial charge in [0.2, 0.25) is 0 Å². The molecule has 0 heterocycles. The van der Waals surface area contributed by atoms with Gasteiger partial charge in [-0.25, -0.2) is 9.18 Å². The van der Waals surface area contributed by atoms with E-state index < -0.39 is 41.0 Å². The summed E-state index contributed by atoms with van der Waals surface area (Å²) in [6.45, 7) is 0. The van der Waals surface area contributed by atoms with Crippen molar-refractivity contribution in [2.45, 2.75) is 12.2 Å². The van der Waals surface area contributed by atoms with Gasteiger partial charge in [0, 0.05) is 5.75 Å². The molecule has 20 heavy (non-hydrogen) atoms. The molecule has 4 nitrogen and oxygen atoms in total. The van der Waals surface area contributed by atoms with Gasteiger partial charge in [-0.05, 0) is 18.2 Å². The topological polar surface area (TPSA) is 66.4 Å². The minimum atomic E-state index is -4.73. The molecule has 2 N–H and O–H groups in total. The third-order valence-electron chi connectivity index (χ3n) is 2.33. The Balaban J connectivity index is 2.98. The molecule has 0 aliphatic heterocycles. The fourth-order valence-electron chi connectivity index (χ4n) is 1.30. The van der Waals surface area contributed by atoms with E-state index in [0.717, 1.165) is 0 Å². The van der Waals surface area contributed by atoms with Crippen molar-refractivity contribution < 1.29 is 32.3 Å². The first-order chi connectivity index (χ1) is 9.16. The van der Waals surface area contributed by atoms with Crippen LogP contribution < -0.4 is 5.32 Å².